The van der Waals surface area contributed by atoms with Crippen molar-refractivity contribution in [1.29, 1.82) is 0 Å². The van der Waals surface area contributed by atoms with Crippen LogP contribution in [0, 0.1) is 0 Å². The number of halogens is 1. The second kappa shape index (κ2) is 10.1. The number of phenolic OH excluding ortho intramolecular Hbond substituents is 1. The third-order valence-electron chi connectivity index (χ3n) is 5.54. The summed E-state index contributed by atoms with van der Waals surface area (Å²) in [5.74, 6) is 2.28. The van der Waals surface area contributed by atoms with Crippen LogP contribution in [0.4, 0.5) is 17.8 Å². The molecule has 0 unspecified atom stereocenters. The van der Waals surface area contributed by atoms with Crippen molar-refractivity contribution in [1.82, 2.24) is 15.0 Å². The minimum atomic E-state index is 0.0578. The molecule has 0 radical (unpaired) electrons. The second-order valence-corrected chi connectivity index (χ2v) is 8.63. The van der Waals surface area contributed by atoms with Gasteiger partial charge in [-0.3, -0.25) is 0 Å². The number of hydrogen-bond donors (Lipinski definition) is 2. The molecule has 0 aliphatic carbocycles. The fraction of sp³-hybridized carbons (Fsp3) is 0.524. The van der Waals surface area contributed by atoms with Gasteiger partial charge in [0.2, 0.25) is 17.8 Å². The summed E-state index contributed by atoms with van der Waals surface area (Å²) < 4.78 is 5.73. The average Bonchev–Trinajstić information content (AvgIpc) is 2.82. The molecule has 4 rings (SSSR count). The lowest BCUT2D eigenvalue weighted by molar-refractivity contribution is 0.372. The van der Waals surface area contributed by atoms with E-state index in [4.69, 9.17) is 9.72 Å². The highest BCUT2D eigenvalue weighted by Gasteiger charge is 2.20. The number of ether oxygens (including phenoxy) is 1. The standard InChI is InChI=1S/C21H28BrN7O2/c1-31-17-13-15(12-16(22)18(17)30)14-23-27-19-24-20(28-8-4-2-5-9-28)26-21(25-19)29-10-6-3-7-11-29/h12-14,30H,2-11H2,1H3,(H,24,25,26,27)/b23-14-. The quantitative estimate of drug-likeness (QED) is 0.467. The van der Waals surface area contributed by atoms with Crippen LogP contribution in [0.1, 0.15) is 44.1 Å². The molecule has 0 amide bonds. The number of hydrogen-bond acceptors (Lipinski definition) is 9. The fourth-order valence-electron chi connectivity index (χ4n) is 3.86. The molecule has 2 aromatic rings. The van der Waals surface area contributed by atoms with Crippen LogP contribution >= 0.6 is 15.9 Å². The number of anilines is 3. The molecule has 0 bridgehead atoms. The molecule has 1 aromatic heterocycles. The summed E-state index contributed by atoms with van der Waals surface area (Å²) in [4.78, 5) is 18.5. The van der Waals surface area contributed by atoms with Crippen LogP contribution in [-0.4, -0.2) is 59.6 Å². The van der Waals surface area contributed by atoms with Crippen molar-refractivity contribution in [2.75, 3.05) is 48.5 Å². The van der Waals surface area contributed by atoms with Gasteiger partial charge >= 0.3 is 0 Å². The van der Waals surface area contributed by atoms with E-state index >= 15 is 0 Å². The van der Waals surface area contributed by atoms with Gasteiger partial charge in [-0.25, -0.2) is 5.43 Å². The monoisotopic (exact) mass is 489 g/mol. The highest BCUT2D eigenvalue weighted by molar-refractivity contribution is 9.10. The van der Waals surface area contributed by atoms with Crippen molar-refractivity contribution in [3.05, 3.63) is 22.2 Å². The lowest BCUT2D eigenvalue weighted by atomic mass is 10.1. The molecule has 10 heteroatoms. The summed E-state index contributed by atoms with van der Waals surface area (Å²) in [5, 5.41) is 14.3. The van der Waals surface area contributed by atoms with Crippen LogP contribution in [0.5, 0.6) is 11.5 Å². The molecule has 1 aromatic carbocycles. The zero-order valence-electron chi connectivity index (χ0n) is 17.7. The molecule has 0 saturated carbocycles. The van der Waals surface area contributed by atoms with Crippen molar-refractivity contribution < 1.29 is 9.84 Å². The van der Waals surface area contributed by atoms with Crippen LogP contribution in [0.3, 0.4) is 0 Å². The van der Waals surface area contributed by atoms with Crippen LogP contribution in [0.15, 0.2) is 21.7 Å². The number of aromatic nitrogens is 3. The number of hydrazone groups is 1. The van der Waals surface area contributed by atoms with E-state index in [0.29, 0.717) is 28.1 Å². The van der Waals surface area contributed by atoms with E-state index in [2.05, 4.69) is 46.2 Å². The normalized spacial score (nSPS) is 17.2. The van der Waals surface area contributed by atoms with Gasteiger partial charge in [-0.1, -0.05) is 0 Å². The first-order chi connectivity index (χ1) is 15.1. The minimum absolute atomic E-state index is 0.0578. The Morgan fingerprint density at radius 1 is 0.968 bits per heavy atom. The number of piperidine rings is 2. The van der Waals surface area contributed by atoms with Crippen LogP contribution in [-0.2, 0) is 0 Å². The maximum Gasteiger partial charge on any atom is 0.250 e. The Balaban J connectivity index is 1.56. The summed E-state index contributed by atoms with van der Waals surface area (Å²) in [6.45, 7) is 3.86. The molecule has 166 valence electrons. The Labute approximate surface area is 190 Å². The number of phenols is 1. The molecule has 9 nitrogen and oxygen atoms in total. The van der Waals surface area contributed by atoms with Gasteiger partial charge in [-0.2, -0.15) is 20.1 Å². The molecular weight excluding hydrogens is 462 g/mol. The maximum absolute atomic E-state index is 9.97. The van der Waals surface area contributed by atoms with Gasteiger partial charge in [0.25, 0.3) is 0 Å². The molecule has 2 N–H and O–H groups in total. The van der Waals surface area contributed by atoms with E-state index in [1.807, 2.05) is 0 Å². The Bertz CT molecular complexity index is 892. The molecule has 2 saturated heterocycles. The first-order valence-corrected chi connectivity index (χ1v) is 11.5. The first-order valence-electron chi connectivity index (χ1n) is 10.8. The van der Waals surface area contributed by atoms with Gasteiger partial charge < -0.3 is 19.6 Å². The molecule has 2 aliphatic rings. The lowest BCUT2D eigenvalue weighted by Gasteiger charge is -2.30. The third kappa shape index (κ3) is 5.36. The fourth-order valence-corrected chi connectivity index (χ4v) is 4.32. The molecule has 2 aliphatic heterocycles. The van der Waals surface area contributed by atoms with Crippen LogP contribution in [0.25, 0.3) is 0 Å². The summed E-state index contributed by atoms with van der Waals surface area (Å²) in [5.41, 5.74) is 3.72. The molecule has 3 heterocycles. The Hall–Kier alpha value is -2.62. The number of aromatic hydroxyl groups is 1. The summed E-state index contributed by atoms with van der Waals surface area (Å²) in [6.07, 6.45) is 8.76. The summed E-state index contributed by atoms with van der Waals surface area (Å²) in [7, 11) is 1.51. The third-order valence-corrected chi connectivity index (χ3v) is 6.14. The average molecular weight is 490 g/mol. The van der Waals surface area contributed by atoms with E-state index < -0.39 is 0 Å². The number of nitrogens with one attached hydrogen (secondary N) is 1. The smallest absolute Gasteiger partial charge is 0.250 e. The molecule has 0 atom stereocenters. The van der Waals surface area contributed by atoms with Gasteiger partial charge in [0.05, 0.1) is 17.8 Å². The van der Waals surface area contributed by atoms with E-state index in [9.17, 15) is 5.11 Å². The number of rotatable bonds is 6. The van der Waals surface area contributed by atoms with Crippen molar-refractivity contribution >= 4 is 40.0 Å². The van der Waals surface area contributed by atoms with Gasteiger partial charge in [0.15, 0.2) is 11.5 Å². The first kappa shape index (κ1) is 21.6. The maximum atomic E-state index is 9.97. The Kier molecular flexibility index (Phi) is 7.06. The van der Waals surface area contributed by atoms with Crippen LogP contribution < -0.4 is 20.0 Å². The number of methoxy groups -OCH3 is 1. The zero-order chi connectivity index (χ0) is 21.6. The SMILES string of the molecule is COc1cc(/C=N\Nc2nc(N3CCCCC3)nc(N3CCCCC3)n2)cc(Br)c1O. The van der Waals surface area contributed by atoms with Crippen molar-refractivity contribution in [2.24, 2.45) is 5.10 Å². The predicted molar refractivity (Wildman–Crippen MR) is 126 cm³/mol. The van der Waals surface area contributed by atoms with Gasteiger partial charge in [0.1, 0.15) is 0 Å². The summed E-state index contributed by atoms with van der Waals surface area (Å²) in [6, 6.07) is 3.46. The largest absolute Gasteiger partial charge is 0.503 e. The van der Waals surface area contributed by atoms with Gasteiger partial charge in [-0.15, -0.1) is 0 Å². The van der Waals surface area contributed by atoms with Crippen molar-refractivity contribution in [2.45, 2.75) is 38.5 Å². The van der Waals surface area contributed by atoms with Gasteiger partial charge in [0, 0.05) is 26.2 Å². The number of benzene rings is 1. The van der Waals surface area contributed by atoms with Crippen molar-refractivity contribution in [3.8, 4) is 11.5 Å². The highest BCUT2D eigenvalue weighted by Crippen LogP contribution is 2.34. The second-order valence-electron chi connectivity index (χ2n) is 7.78. The Morgan fingerprint density at radius 2 is 1.55 bits per heavy atom. The Morgan fingerprint density at radius 3 is 2.10 bits per heavy atom. The number of nitrogens with zero attached hydrogens (tertiary/aromatic N) is 6. The van der Waals surface area contributed by atoms with Gasteiger partial charge in [-0.05, 0) is 72.2 Å². The van der Waals surface area contributed by atoms with E-state index in [1.54, 1.807) is 18.3 Å². The molecular formula is C21H28BrN7O2. The topological polar surface area (TPSA) is 99.0 Å². The molecule has 31 heavy (non-hydrogen) atoms. The highest BCUT2D eigenvalue weighted by atomic mass is 79.9. The van der Waals surface area contributed by atoms with Crippen molar-refractivity contribution in [3.63, 3.8) is 0 Å². The van der Waals surface area contributed by atoms with E-state index in [-0.39, 0.29) is 5.75 Å². The van der Waals surface area contributed by atoms with Crippen LogP contribution in [0.2, 0.25) is 0 Å². The minimum Gasteiger partial charge on any atom is -0.503 e. The zero-order valence-corrected chi connectivity index (χ0v) is 19.3. The van der Waals surface area contributed by atoms with E-state index in [0.717, 1.165) is 57.4 Å². The molecule has 2 fully saturated rings. The summed E-state index contributed by atoms with van der Waals surface area (Å²) >= 11 is 3.33. The lowest BCUT2D eigenvalue weighted by Crippen LogP contribution is -2.34. The predicted octanol–water partition coefficient (Wildman–Crippen LogP) is 3.77. The van der Waals surface area contributed by atoms with E-state index in [1.165, 1.54) is 20.0 Å². The molecule has 0 spiro atoms.